The Bertz CT molecular complexity index is 847. The highest BCUT2D eigenvalue weighted by Gasteiger charge is 2.22. The van der Waals surface area contributed by atoms with Gasteiger partial charge in [-0.05, 0) is 17.7 Å². The average Bonchev–Trinajstić information content (AvgIpc) is 3.13. The Balaban J connectivity index is 1.31. The molecule has 1 aromatic heterocycles. The van der Waals surface area contributed by atoms with Crippen molar-refractivity contribution in [2.24, 2.45) is 4.99 Å². The van der Waals surface area contributed by atoms with Gasteiger partial charge < -0.3 is 24.6 Å². The molecular weight excluding hydrogens is 388 g/mol. The third kappa shape index (κ3) is 4.72. The van der Waals surface area contributed by atoms with Crippen LogP contribution >= 0.6 is 11.5 Å². The van der Waals surface area contributed by atoms with Crippen molar-refractivity contribution in [1.82, 2.24) is 19.6 Å². The third-order valence-electron chi connectivity index (χ3n) is 5.10. The van der Waals surface area contributed by atoms with Crippen LogP contribution in [0.3, 0.4) is 0 Å². The van der Waals surface area contributed by atoms with Gasteiger partial charge in [0.15, 0.2) is 17.5 Å². The molecule has 3 heterocycles. The van der Waals surface area contributed by atoms with Crippen LogP contribution in [0.25, 0.3) is 0 Å². The first-order valence-electron chi connectivity index (χ1n) is 10.2. The number of nitrogens with one attached hydrogen (secondary N) is 1. The van der Waals surface area contributed by atoms with Gasteiger partial charge in [-0.25, -0.2) is 4.98 Å². The Morgan fingerprint density at radius 3 is 2.69 bits per heavy atom. The number of piperazine rings is 1. The summed E-state index contributed by atoms with van der Waals surface area (Å²) in [6.07, 6.45) is 1.80. The molecule has 0 bridgehead atoms. The van der Waals surface area contributed by atoms with Gasteiger partial charge in [0.05, 0.1) is 13.2 Å². The molecule has 2 aromatic rings. The number of anilines is 1. The van der Waals surface area contributed by atoms with Crippen molar-refractivity contribution in [3.8, 4) is 11.5 Å². The molecule has 2 aliphatic rings. The lowest BCUT2D eigenvalue weighted by molar-refractivity contribution is 0.297. The molecule has 8 nitrogen and oxygen atoms in total. The standard InChI is InChI=1S/C20H28N6O2S/c1-3-18-23-20(29-24-18)26-9-7-25(8-10-26)19(21-2)22-14-15-5-6-16-17(13-15)28-12-4-11-27-16/h5-6,13H,3-4,7-12,14H2,1-2H3,(H,21,22). The molecule has 156 valence electrons. The van der Waals surface area contributed by atoms with Gasteiger partial charge in [-0.2, -0.15) is 4.37 Å². The lowest BCUT2D eigenvalue weighted by Crippen LogP contribution is -2.52. The molecule has 0 unspecified atom stereocenters. The fourth-order valence-corrected chi connectivity index (χ4v) is 4.26. The topological polar surface area (TPSA) is 75.1 Å². The van der Waals surface area contributed by atoms with Crippen molar-refractivity contribution < 1.29 is 9.47 Å². The first-order chi connectivity index (χ1) is 14.3. The summed E-state index contributed by atoms with van der Waals surface area (Å²) in [6, 6.07) is 6.12. The molecule has 1 saturated heterocycles. The second kappa shape index (κ2) is 9.30. The summed E-state index contributed by atoms with van der Waals surface area (Å²) in [7, 11) is 1.83. The Labute approximate surface area is 175 Å². The largest absolute Gasteiger partial charge is 0.490 e. The fraction of sp³-hybridized carbons (Fsp3) is 0.550. The molecule has 2 aliphatic heterocycles. The van der Waals surface area contributed by atoms with E-state index in [2.05, 4.69) is 48.5 Å². The van der Waals surface area contributed by atoms with E-state index < -0.39 is 0 Å². The number of hydrogen-bond acceptors (Lipinski definition) is 7. The number of nitrogens with zero attached hydrogens (tertiary/aromatic N) is 5. The van der Waals surface area contributed by atoms with Crippen LogP contribution in [0, 0.1) is 0 Å². The number of benzene rings is 1. The number of fused-ring (bicyclic) bond motifs is 1. The number of aliphatic imine (C=N–C) groups is 1. The maximum Gasteiger partial charge on any atom is 0.205 e. The molecule has 1 aromatic carbocycles. The van der Waals surface area contributed by atoms with Gasteiger partial charge in [-0.15, -0.1) is 0 Å². The van der Waals surface area contributed by atoms with Crippen LogP contribution in [-0.4, -0.2) is 66.7 Å². The minimum Gasteiger partial charge on any atom is -0.490 e. The maximum absolute atomic E-state index is 5.79. The summed E-state index contributed by atoms with van der Waals surface area (Å²) in [5, 5.41) is 4.51. The lowest BCUT2D eigenvalue weighted by Gasteiger charge is -2.36. The zero-order chi connectivity index (χ0) is 20.1. The second-order valence-corrected chi connectivity index (χ2v) is 7.78. The maximum atomic E-state index is 5.79. The normalized spacial score (nSPS) is 17.2. The molecule has 29 heavy (non-hydrogen) atoms. The summed E-state index contributed by atoms with van der Waals surface area (Å²) >= 11 is 1.49. The van der Waals surface area contributed by atoms with Crippen molar-refractivity contribution in [2.45, 2.75) is 26.3 Å². The van der Waals surface area contributed by atoms with Crippen LogP contribution in [0.2, 0.25) is 0 Å². The molecule has 1 N–H and O–H groups in total. The monoisotopic (exact) mass is 416 g/mol. The SMILES string of the molecule is CCc1nsc(N2CCN(C(=NC)NCc3ccc4c(c3)OCCCO4)CC2)n1. The quantitative estimate of drug-likeness (QED) is 0.605. The second-order valence-electron chi connectivity index (χ2n) is 7.05. The van der Waals surface area contributed by atoms with Crippen molar-refractivity contribution in [3.63, 3.8) is 0 Å². The van der Waals surface area contributed by atoms with Gasteiger partial charge >= 0.3 is 0 Å². The summed E-state index contributed by atoms with van der Waals surface area (Å²) < 4.78 is 15.9. The van der Waals surface area contributed by atoms with E-state index in [4.69, 9.17) is 9.47 Å². The fourth-order valence-electron chi connectivity index (χ4n) is 3.46. The average molecular weight is 417 g/mol. The van der Waals surface area contributed by atoms with Crippen LogP contribution in [0.5, 0.6) is 11.5 Å². The van der Waals surface area contributed by atoms with Gasteiger partial charge in [0, 0.05) is 64.1 Å². The highest BCUT2D eigenvalue weighted by molar-refractivity contribution is 7.09. The van der Waals surface area contributed by atoms with Crippen LogP contribution in [0.1, 0.15) is 24.7 Å². The summed E-state index contributed by atoms with van der Waals surface area (Å²) in [4.78, 5) is 13.7. The number of aromatic nitrogens is 2. The summed E-state index contributed by atoms with van der Waals surface area (Å²) in [5.41, 5.74) is 1.15. The third-order valence-corrected chi connectivity index (χ3v) is 5.91. The Kier molecular flexibility index (Phi) is 6.33. The summed E-state index contributed by atoms with van der Waals surface area (Å²) in [6.45, 7) is 7.84. The molecule has 0 spiro atoms. The molecule has 0 radical (unpaired) electrons. The molecule has 4 rings (SSSR count). The van der Waals surface area contributed by atoms with Crippen molar-refractivity contribution >= 4 is 22.6 Å². The van der Waals surface area contributed by atoms with Crippen molar-refractivity contribution in [1.29, 1.82) is 0 Å². The lowest BCUT2D eigenvalue weighted by atomic mass is 10.2. The zero-order valence-electron chi connectivity index (χ0n) is 17.1. The number of guanidine groups is 1. The summed E-state index contributed by atoms with van der Waals surface area (Å²) in [5.74, 6) is 3.51. The molecular formula is C20H28N6O2S. The van der Waals surface area contributed by atoms with Crippen molar-refractivity contribution in [3.05, 3.63) is 29.6 Å². The predicted octanol–water partition coefficient (Wildman–Crippen LogP) is 2.16. The van der Waals surface area contributed by atoms with E-state index in [-0.39, 0.29) is 0 Å². The zero-order valence-corrected chi connectivity index (χ0v) is 17.9. The first-order valence-corrected chi connectivity index (χ1v) is 11.0. The molecule has 0 atom stereocenters. The van der Waals surface area contributed by atoms with E-state index in [0.717, 1.165) is 73.0 Å². The highest BCUT2D eigenvalue weighted by atomic mass is 32.1. The van der Waals surface area contributed by atoms with Gasteiger partial charge in [0.1, 0.15) is 5.82 Å². The predicted molar refractivity (Wildman–Crippen MR) is 115 cm³/mol. The van der Waals surface area contributed by atoms with Gasteiger partial charge in [-0.3, -0.25) is 4.99 Å². The van der Waals surface area contributed by atoms with E-state index >= 15 is 0 Å². The van der Waals surface area contributed by atoms with E-state index in [1.165, 1.54) is 11.5 Å². The minimum absolute atomic E-state index is 0.694. The van der Waals surface area contributed by atoms with E-state index in [1.54, 1.807) is 0 Å². The van der Waals surface area contributed by atoms with Gasteiger partial charge in [-0.1, -0.05) is 13.0 Å². The molecule has 0 aliphatic carbocycles. The Morgan fingerprint density at radius 1 is 1.17 bits per heavy atom. The number of aryl methyl sites for hydroxylation is 1. The molecule has 1 fully saturated rings. The minimum atomic E-state index is 0.694. The number of ether oxygens (including phenoxy) is 2. The van der Waals surface area contributed by atoms with Gasteiger partial charge in [0.2, 0.25) is 5.13 Å². The van der Waals surface area contributed by atoms with E-state index in [9.17, 15) is 0 Å². The Hall–Kier alpha value is -2.55. The van der Waals surface area contributed by atoms with Crippen LogP contribution in [0.4, 0.5) is 5.13 Å². The van der Waals surface area contributed by atoms with E-state index in [1.807, 2.05) is 13.1 Å². The Morgan fingerprint density at radius 2 is 1.97 bits per heavy atom. The molecule has 9 heteroatoms. The molecule has 0 saturated carbocycles. The number of hydrogen-bond donors (Lipinski definition) is 1. The smallest absolute Gasteiger partial charge is 0.205 e. The van der Waals surface area contributed by atoms with Crippen LogP contribution in [0.15, 0.2) is 23.2 Å². The van der Waals surface area contributed by atoms with Crippen molar-refractivity contribution in [2.75, 3.05) is 51.3 Å². The van der Waals surface area contributed by atoms with E-state index in [0.29, 0.717) is 19.8 Å². The number of rotatable bonds is 4. The molecule has 0 amide bonds. The van der Waals surface area contributed by atoms with Crippen LogP contribution < -0.4 is 19.7 Å². The van der Waals surface area contributed by atoms with Gasteiger partial charge in [0.25, 0.3) is 0 Å². The first kappa shape index (κ1) is 19.8. The highest BCUT2D eigenvalue weighted by Crippen LogP contribution is 2.30. The van der Waals surface area contributed by atoms with Crippen LogP contribution in [-0.2, 0) is 13.0 Å².